The second-order valence-corrected chi connectivity index (χ2v) is 6.57. The molecular weight excluding hydrogens is 302 g/mol. The van der Waals surface area contributed by atoms with Crippen LogP contribution in [0.5, 0.6) is 0 Å². The number of rotatable bonds is 5. The molecular formula is C20H25NO3. The van der Waals surface area contributed by atoms with E-state index in [4.69, 9.17) is 0 Å². The van der Waals surface area contributed by atoms with Crippen LogP contribution in [-0.2, 0) is 13.1 Å². The van der Waals surface area contributed by atoms with E-state index in [-0.39, 0.29) is 0 Å². The molecule has 0 amide bonds. The first kappa shape index (κ1) is 17.1. The van der Waals surface area contributed by atoms with Crippen molar-refractivity contribution >= 4 is 0 Å². The summed E-state index contributed by atoms with van der Waals surface area (Å²) >= 11 is 0. The predicted octanol–water partition coefficient (Wildman–Crippen LogP) is 1.93. The molecule has 4 heteroatoms. The van der Waals surface area contributed by atoms with Crippen LogP contribution in [0.3, 0.4) is 0 Å². The summed E-state index contributed by atoms with van der Waals surface area (Å²) in [5.74, 6) is 0. The average Bonchev–Trinajstić information content (AvgIpc) is 2.60. The van der Waals surface area contributed by atoms with E-state index in [1.54, 1.807) is 0 Å². The summed E-state index contributed by atoms with van der Waals surface area (Å²) < 4.78 is 0. The van der Waals surface area contributed by atoms with E-state index in [2.05, 4.69) is 4.90 Å². The molecule has 1 aliphatic carbocycles. The van der Waals surface area contributed by atoms with Crippen LogP contribution in [0, 0.1) is 0 Å². The third kappa shape index (κ3) is 4.02. The fraction of sp³-hybridized carbons (Fsp3) is 0.400. The van der Waals surface area contributed by atoms with E-state index in [1.807, 2.05) is 60.7 Å². The Morgan fingerprint density at radius 1 is 0.708 bits per heavy atom. The molecule has 3 rings (SSSR count). The first-order valence-electron chi connectivity index (χ1n) is 8.51. The Hall–Kier alpha value is -1.72. The first-order valence-corrected chi connectivity index (χ1v) is 8.51. The highest BCUT2D eigenvalue weighted by molar-refractivity contribution is 5.18. The van der Waals surface area contributed by atoms with E-state index in [9.17, 15) is 15.3 Å². The van der Waals surface area contributed by atoms with E-state index >= 15 is 0 Å². The van der Waals surface area contributed by atoms with E-state index < -0.39 is 24.4 Å². The molecule has 0 aromatic heterocycles. The number of benzene rings is 2. The van der Waals surface area contributed by atoms with Crippen LogP contribution in [-0.4, -0.2) is 44.6 Å². The van der Waals surface area contributed by atoms with Crippen molar-refractivity contribution in [1.82, 2.24) is 4.90 Å². The van der Waals surface area contributed by atoms with Crippen molar-refractivity contribution < 1.29 is 15.3 Å². The molecule has 4 atom stereocenters. The van der Waals surface area contributed by atoms with E-state index in [0.29, 0.717) is 25.9 Å². The molecule has 0 heterocycles. The topological polar surface area (TPSA) is 63.9 Å². The van der Waals surface area contributed by atoms with Crippen molar-refractivity contribution in [3.8, 4) is 0 Å². The van der Waals surface area contributed by atoms with Gasteiger partial charge in [0.25, 0.3) is 0 Å². The van der Waals surface area contributed by atoms with Crippen LogP contribution in [0.25, 0.3) is 0 Å². The molecule has 0 aliphatic heterocycles. The van der Waals surface area contributed by atoms with Gasteiger partial charge >= 0.3 is 0 Å². The molecule has 0 radical (unpaired) electrons. The van der Waals surface area contributed by atoms with Gasteiger partial charge in [-0.1, -0.05) is 60.7 Å². The fourth-order valence-corrected chi connectivity index (χ4v) is 3.50. The number of aliphatic hydroxyl groups is 3. The zero-order valence-corrected chi connectivity index (χ0v) is 13.7. The molecule has 4 nitrogen and oxygen atoms in total. The highest BCUT2D eigenvalue weighted by Crippen LogP contribution is 2.27. The van der Waals surface area contributed by atoms with Gasteiger partial charge in [-0.05, 0) is 24.0 Å². The largest absolute Gasteiger partial charge is 0.391 e. The molecule has 0 bridgehead atoms. The van der Waals surface area contributed by atoms with Crippen LogP contribution in [0.4, 0.5) is 0 Å². The van der Waals surface area contributed by atoms with Gasteiger partial charge in [-0.25, -0.2) is 0 Å². The number of nitrogens with zero attached hydrogens (tertiary/aromatic N) is 1. The third-order valence-electron chi connectivity index (χ3n) is 4.78. The average molecular weight is 327 g/mol. The van der Waals surface area contributed by atoms with Crippen molar-refractivity contribution in [1.29, 1.82) is 0 Å². The summed E-state index contributed by atoms with van der Waals surface area (Å²) in [6.45, 7) is 1.22. The second-order valence-electron chi connectivity index (χ2n) is 6.57. The normalized spacial score (nSPS) is 27.3. The van der Waals surface area contributed by atoms with Gasteiger partial charge in [-0.3, -0.25) is 4.90 Å². The number of aliphatic hydroxyl groups excluding tert-OH is 3. The lowest BCUT2D eigenvalue weighted by Crippen LogP contribution is -2.57. The Morgan fingerprint density at radius 2 is 1.17 bits per heavy atom. The first-order chi connectivity index (χ1) is 11.6. The van der Waals surface area contributed by atoms with Gasteiger partial charge in [0.05, 0.1) is 24.4 Å². The molecule has 2 aromatic carbocycles. The maximum atomic E-state index is 10.5. The van der Waals surface area contributed by atoms with E-state index in [1.165, 1.54) is 0 Å². The van der Waals surface area contributed by atoms with Crippen LogP contribution in [0.2, 0.25) is 0 Å². The standard InChI is InChI=1S/C20H25NO3/c22-17-11-12-18(23)20(24)19(17)21(13-15-7-3-1-4-8-15)14-16-9-5-2-6-10-16/h1-10,17-20,22-24H,11-14H2/t17-,18-,19-,20+/m1/s1. The van der Waals surface area contributed by atoms with Crippen LogP contribution in [0.15, 0.2) is 60.7 Å². The van der Waals surface area contributed by atoms with Gasteiger partial charge < -0.3 is 15.3 Å². The lowest BCUT2D eigenvalue weighted by molar-refractivity contribution is -0.117. The smallest absolute Gasteiger partial charge is 0.0979 e. The molecule has 0 unspecified atom stereocenters. The Labute approximate surface area is 143 Å². The fourth-order valence-electron chi connectivity index (χ4n) is 3.50. The molecule has 3 N–H and O–H groups in total. The summed E-state index contributed by atoms with van der Waals surface area (Å²) in [7, 11) is 0. The van der Waals surface area contributed by atoms with E-state index in [0.717, 1.165) is 11.1 Å². The van der Waals surface area contributed by atoms with Crippen LogP contribution in [0.1, 0.15) is 24.0 Å². The van der Waals surface area contributed by atoms with Crippen molar-refractivity contribution in [2.24, 2.45) is 0 Å². The van der Waals surface area contributed by atoms with Crippen LogP contribution >= 0.6 is 0 Å². The predicted molar refractivity (Wildman–Crippen MR) is 93.2 cm³/mol. The van der Waals surface area contributed by atoms with Crippen molar-refractivity contribution in [2.75, 3.05) is 0 Å². The molecule has 1 aliphatic rings. The molecule has 1 fully saturated rings. The number of hydrogen-bond acceptors (Lipinski definition) is 4. The maximum absolute atomic E-state index is 10.5. The van der Waals surface area contributed by atoms with Gasteiger partial charge in [0.15, 0.2) is 0 Å². The van der Waals surface area contributed by atoms with Crippen molar-refractivity contribution in [3.63, 3.8) is 0 Å². The minimum atomic E-state index is -0.943. The lowest BCUT2D eigenvalue weighted by atomic mass is 9.86. The summed E-state index contributed by atoms with van der Waals surface area (Å²) in [6, 6.07) is 19.6. The zero-order chi connectivity index (χ0) is 16.9. The minimum Gasteiger partial charge on any atom is -0.391 e. The summed E-state index contributed by atoms with van der Waals surface area (Å²) in [5, 5.41) is 31.0. The highest BCUT2D eigenvalue weighted by Gasteiger charge is 2.40. The summed E-state index contributed by atoms with van der Waals surface area (Å²) in [4.78, 5) is 2.07. The summed E-state index contributed by atoms with van der Waals surface area (Å²) in [6.07, 6.45) is -1.43. The Kier molecular flexibility index (Phi) is 5.63. The Bertz CT molecular complexity index is 578. The molecule has 128 valence electrons. The lowest BCUT2D eigenvalue weighted by Gasteiger charge is -2.42. The molecule has 0 spiro atoms. The van der Waals surface area contributed by atoms with Gasteiger partial charge in [-0.2, -0.15) is 0 Å². The van der Waals surface area contributed by atoms with Gasteiger partial charge in [0.2, 0.25) is 0 Å². The SMILES string of the molecule is O[C@@H]1[C@H](N(Cc2ccccc2)Cc2ccccc2)[C@H](O)CC[C@H]1O. The Morgan fingerprint density at radius 3 is 1.67 bits per heavy atom. The van der Waals surface area contributed by atoms with Gasteiger partial charge in [-0.15, -0.1) is 0 Å². The Balaban J connectivity index is 1.85. The van der Waals surface area contributed by atoms with Crippen molar-refractivity contribution in [3.05, 3.63) is 71.8 Å². The highest BCUT2D eigenvalue weighted by atomic mass is 16.3. The number of hydrogen-bond donors (Lipinski definition) is 3. The molecule has 24 heavy (non-hydrogen) atoms. The monoisotopic (exact) mass is 327 g/mol. The van der Waals surface area contributed by atoms with Crippen molar-refractivity contribution in [2.45, 2.75) is 50.3 Å². The molecule has 0 saturated heterocycles. The molecule has 2 aromatic rings. The molecule has 1 saturated carbocycles. The zero-order valence-electron chi connectivity index (χ0n) is 13.7. The van der Waals surface area contributed by atoms with Crippen LogP contribution < -0.4 is 0 Å². The van der Waals surface area contributed by atoms with Gasteiger partial charge in [0.1, 0.15) is 0 Å². The maximum Gasteiger partial charge on any atom is 0.0979 e. The minimum absolute atomic E-state index is 0.434. The third-order valence-corrected chi connectivity index (χ3v) is 4.78. The van der Waals surface area contributed by atoms with Gasteiger partial charge in [0, 0.05) is 13.1 Å². The summed E-state index contributed by atoms with van der Waals surface area (Å²) in [5.41, 5.74) is 2.24. The quantitative estimate of drug-likeness (QED) is 0.785. The second kappa shape index (κ2) is 7.90.